The van der Waals surface area contributed by atoms with Gasteiger partial charge in [-0.2, -0.15) is 0 Å². The predicted molar refractivity (Wildman–Crippen MR) is 87.4 cm³/mol. The summed E-state index contributed by atoms with van der Waals surface area (Å²) in [5.74, 6) is 0.0658. The number of nitrogens with zero attached hydrogens (tertiary/aromatic N) is 2. The van der Waals surface area contributed by atoms with E-state index in [9.17, 15) is 4.79 Å². The monoisotopic (exact) mass is 352 g/mol. The summed E-state index contributed by atoms with van der Waals surface area (Å²) in [7, 11) is 0. The molecule has 0 radical (unpaired) electrons. The topological polar surface area (TPSA) is 47.6 Å². The third-order valence-corrected chi connectivity index (χ3v) is 4.63. The van der Waals surface area contributed by atoms with Crippen molar-refractivity contribution in [3.05, 3.63) is 28.7 Å². The fourth-order valence-electron chi connectivity index (χ4n) is 2.89. The van der Waals surface area contributed by atoms with Crippen molar-refractivity contribution in [1.82, 2.24) is 15.1 Å². The third kappa shape index (κ3) is 4.03. The summed E-state index contributed by atoms with van der Waals surface area (Å²) in [6.45, 7) is 6.93. The lowest BCUT2D eigenvalue weighted by Crippen LogP contribution is -2.63. The molecule has 0 aliphatic carbocycles. The maximum absolute atomic E-state index is 12.0. The summed E-state index contributed by atoms with van der Waals surface area (Å²) in [5.41, 5.74) is 0.849. The lowest BCUT2D eigenvalue weighted by molar-refractivity contribution is -0.119. The molecule has 2 aliphatic heterocycles. The molecule has 2 heterocycles. The molecule has 2 fully saturated rings. The van der Waals surface area contributed by atoms with Crippen molar-refractivity contribution in [2.75, 3.05) is 51.1 Å². The zero-order valence-corrected chi connectivity index (χ0v) is 13.6. The number of nitrogens with one attached hydrogen (secondary N) is 2. The standard InChI is InChI=1S/C15H21BrN4O/c16-12-1-3-13(4-2-12)18-15(21)11-19-9-14(10-19)20-7-5-17-6-8-20/h1-4,14,17H,5-11H2,(H,18,21). The van der Waals surface area contributed by atoms with Crippen molar-refractivity contribution in [2.24, 2.45) is 0 Å². The average Bonchev–Trinajstić information content (AvgIpc) is 2.46. The molecular weight excluding hydrogens is 332 g/mol. The molecule has 2 N–H and O–H groups in total. The van der Waals surface area contributed by atoms with Gasteiger partial charge in [0.1, 0.15) is 0 Å². The molecule has 1 aromatic rings. The smallest absolute Gasteiger partial charge is 0.238 e. The van der Waals surface area contributed by atoms with Gasteiger partial charge in [-0.3, -0.25) is 14.6 Å². The number of anilines is 1. The highest BCUT2D eigenvalue weighted by atomic mass is 79.9. The van der Waals surface area contributed by atoms with E-state index in [1.54, 1.807) is 0 Å². The van der Waals surface area contributed by atoms with Crippen LogP contribution in [0, 0.1) is 0 Å². The molecule has 5 nitrogen and oxygen atoms in total. The molecule has 3 rings (SSSR count). The Balaban J connectivity index is 1.39. The highest BCUT2D eigenvalue weighted by Gasteiger charge is 2.32. The summed E-state index contributed by atoms with van der Waals surface area (Å²) in [4.78, 5) is 16.7. The molecule has 21 heavy (non-hydrogen) atoms. The Morgan fingerprint density at radius 3 is 2.57 bits per heavy atom. The number of amides is 1. The summed E-state index contributed by atoms with van der Waals surface area (Å²) in [5, 5.41) is 6.31. The Labute approximate surface area is 133 Å². The van der Waals surface area contributed by atoms with E-state index in [1.807, 2.05) is 24.3 Å². The van der Waals surface area contributed by atoms with E-state index in [1.165, 1.54) is 0 Å². The van der Waals surface area contributed by atoms with Gasteiger partial charge in [-0.1, -0.05) is 15.9 Å². The van der Waals surface area contributed by atoms with Gasteiger partial charge in [0.2, 0.25) is 5.91 Å². The summed E-state index contributed by atoms with van der Waals surface area (Å²) in [6, 6.07) is 8.30. The number of benzene rings is 1. The lowest BCUT2D eigenvalue weighted by Gasteiger charge is -2.46. The van der Waals surface area contributed by atoms with Crippen molar-refractivity contribution >= 4 is 27.5 Å². The summed E-state index contributed by atoms with van der Waals surface area (Å²) >= 11 is 3.39. The van der Waals surface area contributed by atoms with Gasteiger partial charge in [-0.25, -0.2) is 0 Å². The van der Waals surface area contributed by atoms with Crippen LogP contribution in [0.5, 0.6) is 0 Å². The van der Waals surface area contributed by atoms with Crippen molar-refractivity contribution in [1.29, 1.82) is 0 Å². The van der Waals surface area contributed by atoms with E-state index in [0.717, 1.165) is 49.4 Å². The highest BCUT2D eigenvalue weighted by Crippen LogP contribution is 2.16. The maximum Gasteiger partial charge on any atom is 0.238 e. The van der Waals surface area contributed by atoms with Gasteiger partial charge in [0.25, 0.3) is 0 Å². The molecule has 0 bridgehead atoms. The van der Waals surface area contributed by atoms with Gasteiger partial charge in [-0.05, 0) is 24.3 Å². The van der Waals surface area contributed by atoms with Crippen LogP contribution >= 0.6 is 15.9 Å². The van der Waals surface area contributed by atoms with E-state index in [4.69, 9.17) is 0 Å². The van der Waals surface area contributed by atoms with Gasteiger partial charge in [0.05, 0.1) is 6.54 Å². The number of hydrogen-bond donors (Lipinski definition) is 2. The van der Waals surface area contributed by atoms with E-state index in [0.29, 0.717) is 12.6 Å². The molecule has 0 aromatic heterocycles. The molecular formula is C15H21BrN4O. The van der Waals surface area contributed by atoms with Gasteiger partial charge in [0.15, 0.2) is 0 Å². The van der Waals surface area contributed by atoms with Crippen molar-refractivity contribution in [3.8, 4) is 0 Å². The quantitative estimate of drug-likeness (QED) is 0.847. The molecule has 0 saturated carbocycles. The number of likely N-dealkylation sites (tertiary alicyclic amines) is 1. The second-order valence-corrected chi connectivity index (χ2v) is 6.60. The molecule has 114 valence electrons. The van der Waals surface area contributed by atoms with Crippen LogP contribution in [0.1, 0.15) is 0 Å². The number of carbonyl (C=O) groups is 1. The first kappa shape index (κ1) is 15.0. The van der Waals surface area contributed by atoms with Crippen LogP contribution in [0.4, 0.5) is 5.69 Å². The molecule has 0 atom stereocenters. The minimum Gasteiger partial charge on any atom is -0.325 e. The Kier molecular flexibility index (Phi) is 4.90. The summed E-state index contributed by atoms with van der Waals surface area (Å²) in [6.07, 6.45) is 0. The average molecular weight is 353 g/mol. The van der Waals surface area contributed by atoms with Gasteiger partial charge in [0, 0.05) is 55.5 Å². The van der Waals surface area contributed by atoms with Gasteiger partial charge >= 0.3 is 0 Å². The Morgan fingerprint density at radius 2 is 1.90 bits per heavy atom. The van der Waals surface area contributed by atoms with Crippen LogP contribution in [0.2, 0.25) is 0 Å². The first-order valence-corrected chi connectivity index (χ1v) is 8.22. The predicted octanol–water partition coefficient (Wildman–Crippen LogP) is 0.977. The Hall–Kier alpha value is -0.950. The number of hydrogen-bond acceptors (Lipinski definition) is 4. The second-order valence-electron chi connectivity index (χ2n) is 5.69. The van der Waals surface area contributed by atoms with Crippen LogP contribution in [0.3, 0.4) is 0 Å². The van der Waals surface area contributed by atoms with Crippen LogP contribution in [-0.4, -0.2) is 67.6 Å². The van der Waals surface area contributed by atoms with Crippen molar-refractivity contribution in [3.63, 3.8) is 0 Å². The zero-order valence-electron chi connectivity index (χ0n) is 12.0. The molecule has 1 amide bonds. The van der Waals surface area contributed by atoms with Crippen LogP contribution in [0.15, 0.2) is 28.7 Å². The Bertz CT molecular complexity index is 481. The van der Waals surface area contributed by atoms with Crippen LogP contribution in [0.25, 0.3) is 0 Å². The number of rotatable bonds is 4. The molecule has 0 unspecified atom stereocenters. The first-order valence-electron chi connectivity index (χ1n) is 7.43. The van der Waals surface area contributed by atoms with Crippen molar-refractivity contribution in [2.45, 2.75) is 6.04 Å². The fraction of sp³-hybridized carbons (Fsp3) is 0.533. The third-order valence-electron chi connectivity index (χ3n) is 4.10. The van der Waals surface area contributed by atoms with Crippen LogP contribution < -0.4 is 10.6 Å². The Morgan fingerprint density at radius 1 is 1.24 bits per heavy atom. The number of carbonyl (C=O) groups excluding carboxylic acids is 1. The highest BCUT2D eigenvalue weighted by molar-refractivity contribution is 9.10. The molecule has 2 aliphatic rings. The lowest BCUT2D eigenvalue weighted by atomic mass is 10.1. The van der Waals surface area contributed by atoms with E-state index >= 15 is 0 Å². The first-order chi connectivity index (χ1) is 10.2. The van der Waals surface area contributed by atoms with Gasteiger partial charge < -0.3 is 10.6 Å². The molecule has 6 heteroatoms. The maximum atomic E-state index is 12.0. The summed E-state index contributed by atoms with van der Waals surface area (Å²) < 4.78 is 1.02. The second kappa shape index (κ2) is 6.87. The largest absolute Gasteiger partial charge is 0.325 e. The molecule has 0 spiro atoms. The number of halogens is 1. The number of piperazine rings is 1. The van der Waals surface area contributed by atoms with Crippen molar-refractivity contribution < 1.29 is 4.79 Å². The fourth-order valence-corrected chi connectivity index (χ4v) is 3.15. The molecule has 2 saturated heterocycles. The SMILES string of the molecule is O=C(CN1CC(N2CCNCC2)C1)Nc1ccc(Br)cc1. The minimum absolute atomic E-state index is 0.0658. The minimum atomic E-state index is 0.0658. The zero-order chi connectivity index (χ0) is 14.7. The molecule has 1 aromatic carbocycles. The van der Waals surface area contributed by atoms with E-state index in [-0.39, 0.29) is 5.91 Å². The van der Waals surface area contributed by atoms with Gasteiger partial charge in [-0.15, -0.1) is 0 Å². The van der Waals surface area contributed by atoms with Crippen LogP contribution in [-0.2, 0) is 4.79 Å². The normalized spacial score (nSPS) is 21.0. The van der Waals surface area contributed by atoms with E-state index < -0.39 is 0 Å². The van der Waals surface area contributed by atoms with E-state index in [2.05, 4.69) is 36.4 Å².